The predicted octanol–water partition coefficient (Wildman–Crippen LogP) is 0.268. The van der Waals surface area contributed by atoms with Gasteiger partial charge in [0.25, 0.3) is 5.91 Å². The number of amides is 6. The fourth-order valence-corrected chi connectivity index (χ4v) is 5.99. The normalized spacial score (nSPS) is 12.9. The first-order chi connectivity index (χ1) is 28.0. The van der Waals surface area contributed by atoms with Crippen LogP contribution in [0.3, 0.4) is 0 Å². The van der Waals surface area contributed by atoms with E-state index in [1.807, 2.05) is 19.9 Å². The van der Waals surface area contributed by atoms with Crippen molar-refractivity contribution in [3.8, 4) is 0 Å². The van der Waals surface area contributed by atoms with Gasteiger partial charge in [-0.15, -0.1) is 0 Å². The third-order valence-electron chi connectivity index (χ3n) is 8.77. The Kier molecular flexibility index (Phi) is 18.2. The minimum Gasteiger partial charge on any atom is -0.370 e. The van der Waals surface area contributed by atoms with Crippen molar-refractivity contribution in [2.24, 2.45) is 44.6 Å². The molecule has 1 aromatic heterocycles. The Morgan fingerprint density at radius 2 is 1.39 bits per heavy atom. The Morgan fingerprint density at radius 1 is 0.746 bits per heavy atom. The molecule has 0 aliphatic heterocycles. The topological polar surface area (TPSA) is 309 Å². The highest BCUT2D eigenvalue weighted by atomic mass is 16.2. The number of aromatic nitrogens is 1. The zero-order valence-electron chi connectivity index (χ0n) is 33.4. The van der Waals surface area contributed by atoms with Crippen LogP contribution in [-0.4, -0.2) is 88.0 Å². The van der Waals surface area contributed by atoms with Crippen LogP contribution in [0.15, 0.2) is 95.2 Å². The van der Waals surface area contributed by atoms with E-state index in [1.54, 1.807) is 60.7 Å². The first-order valence-electron chi connectivity index (χ1n) is 18.9. The number of aliphatic imine (C=N–C) groups is 2. The molecular formula is C41H54N12O6. The van der Waals surface area contributed by atoms with E-state index < -0.39 is 59.6 Å². The first kappa shape index (κ1) is 46.3. The Bertz CT molecular complexity index is 1980. The summed E-state index contributed by atoms with van der Waals surface area (Å²) in [5, 5.41) is 8.11. The molecule has 6 amide bonds. The van der Waals surface area contributed by atoms with Crippen molar-refractivity contribution in [1.29, 1.82) is 0 Å². The number of primary amides is 1. The van der Waals surface area contributed by atoms with Gasteiger partial charge in [-0.3, -0.25) is 43.6 Å². The third kappa shape index (κ3) is 16.1. The maximum Gasteiger partial charge on any atom is 0.253 e. The number of nitrogens with one attached hydrogen (secondary N) is 3. The van der Waals surface area contributed by atoms with Crippen LogP contribution in [-0.2, 0) is 41.6 Å². The van der Waals surface area contributed by atoms with Crippen LogP contribution in [0.25, 0.3) is 6.08 Å². The highest BCUT2D eigenvalue weighted by Gasteiger charge is 2.36. The number of nitrogens with two attached hydrogens (primary N) is 5. The van der Waals surface area contributed by atoms with Crippen molar-refractivity contribution in [3.05, 3.63) is 102 Å². The fraction of sp³-hybridized carbons (Fsp3) is 0.341. The summed E-state index contributed by atoms with van der Waals surface area (Å²) < 4.78 is 0. The monoisotopic (exact) mass is 810 g/mol. The molecule has 18 heteroatoms. The summed E-state index contributed by atoms with van der Waals surface area (Å²) in [6, 6.07) is 13.7. The number of nitrogens with zero attached hydrogens (tertiary/aromatic N) is 4. The molecule has 3 aromatic rings. The quantitative estimate of drug-likeness (QED) is 0.0313. The molecule has 13 N–H and O–H groups in total. The van der Waals surface area contributed by atoms with Gasteiger partial charge in [0, 0.05) is 44.8 Å². The van der Waals surface area contributed by atoms with Gasteiger partial charge < -0.3 is 44.6 Å². The standard InChI is InChI=1S/C41H54N12O6/c1-25(2)21-32(37(57)50-31(36(42)56)12-8-20-48-40(43)44)51-38(58)33(22-28-13-16-30(17-14-28)49-41(45)46)52-39(59)34(23-29-11-7-19-47-24-29)53(26(3)54)35(55)18-15-27-9-5-4-6-10-27/h4-7,9-11,13-19,24-25,31-34H,8,12,20-23H2,1-3H3,(H2,42,56)(H,50,57)(H,51,58)(H,52,59)(H4,43,44,48)(H4,45,46,49)/b18-15+/t31-,32-,33-,34+/m0/s1. The van der Waals surface area contributed by atoms with E-state index in [-0.39, 0.29) is 50.1 Å². The van der Waals surface area contributed by atoms with Crippen LogP contribution in [0.1, 0.15) is 56.7 Å². The summed E-state index contributed by atoms with van der Waals surface area (Å²) >= 11 is 0. The number of carbonyl (C=O) groups is 6. The van der Waals surface area contributed by atoms with Crippen molar-refractivity contribution in [2.45, 2.75) is 77.0 Å². The Balaban J connectivity index is 2.01. The Morgan fingerprint density at radius 3 is 1.97 bits per heavy atom. The third-order valence-corrected chi connectivity index (χ3v) is 8.77. The number of hydrogen-bond donors (Lipinski definition) is 8. The predicted molar refractivity (Wildman–Crippen MR) is 225 cm³/mol. The molecule has 2 aromatic carbocycles. The lowest BCUT2D eigenvalue weighted by atomic mass is 9.99. The molecule has 0 saturated heterocycles. The van der Waals surface area contributed by atoms with E-state index in [2.05, 4.69) is 30.9 Å². The van der Waals surface area contributed by atoms with Crippen LogP contribution in [0.5, 0.6) is 0 Å². The second-order valence-electron chi connectivity index (χ2n) is 14.1. The van der Waals surface area contributed by atoms with Crippen LogP contribution in [0.2, 0.25) is 0 Å². The second kappa shape index (κ2) is 23.2. The number of hydrogen-bond acceptors (Lipinski definition) is 9. The Labute approximate surface area is 343 Å². The molecule has 0 aliphatic rings. The fourth-order valence-electron chi connectivity index (χ4n) is 5.99. The van der Waals surface area contributed by atoms with Gasteiger partial charge in [-0.25, -0.2) is 4.99 Å². The van der Waals surface area contributed by atoms with Gasteiger partial charge in [0.05, 0.1) is 5.69 Å². The van der Waals surface area contributed by atoms with E-state index in [1.165, 1.54) is 24.5 Å². The molecule has 0 unspecified atom stereocenters. The molecule has 59 heavy (non-hydrogen) atoms. The highest BCUT2D eigenvalue weighted by Crippen LogP contribution is 2.17. The lowest BCUT2D eigenvalue weighted by Crippen LogP contribution is -2.59. The number of rotatable bonds is 21. The molecule has 0 aliphatic carbocycles. The average Bonchev–Trinajstić information content (AvgIpc) is 3.18. The summed E-state index contributed by atoms with van der Waals surface area (Å²) in [5.41, 5.74) is 29.6. The van der Waals surface area contributed by atoms with E-state index in [4.69, 9.17) is 28.7 Å². The van der Waals surface area contributed by atoms with Gasteiger partial charge in [-0.05, 0) is 66.1 Å². The minimum absolute atomic E-state index is 0.105. The minimum atomic E-state index is -1.44. The summed E-state index contributed by atoms with van der Waals surface area (Å²) in [7, 11) is 0. The van der Waals surface area contributed by atoms with Crippen molar-refractivity contribution >= 4 is 59.1 Å². The molecule has 314 valence electrons. The molecule has 0 spiro atoms. The lowest BCUT2D eigenvalue weighted by molar-refractivity contribution is -0.148. The van der Waals surface area contributed by atoms with Gasteiger partial charge >= 0.3 is 0 Å². The largest absolute Gasteiger partial charge is 0.370 e. The molecule has 1 heterocycles. The number of pyridine rings is 1. The maximum absolute atomic E-state index is 14.5. The molecule has 18 nitrogen and oxygen atoms in total. The summed E-state index contributed by atoms with van der Waals surface area (Å²) in [6.07, 6.45) is 6.10. The van der Waals surface area contributed by atoms with Crippen molar-refractivity contribution < 1.29 is 28.8 Å². The van der Waals surface area contributed by atoms with Crippen LogP contribution >= 0.6 is 0 Å². The second-order valence-corrected chi connectivity index (χ2v) is 14.1. The molecular weight excluding hydrogens is 757 g/mol. The molecule has 0 fully saturated rings. The highest BCUT2D eigenvalue weighted by molar-refractivity contribution is 6.06. The van der Waals surface area contributed by atoms with Crippen molar-refractivity contribution in [3.63, 3.8) is 0 Å². The SMILES string of the molecule is CC(=O)N(C(=O)/C=C/c1ccccc1)[C@H](Cc1cccnc1)C(=O)N[C@@H](Cc1ccc(N=C(N)N)cc1)C(=O)N[C@@H](CC(C)C)C(=O)N[C@@H](CCCN=C(N)N)C(N)=O. The van der Waals surface area contributed by atoms with Crippen molar-refractivity contribution in [1.82, 2.24) is 25.8 Å². The van der Waals surface area contributed by atoms with Gasteiger partial charge in [-0.1, -0.05) is 62.4 Å². The van der Waals surface area contributed by atoms with E-state index >= 15 is 0 Å². The molecule has 4 atom stereocenters. The molecule has 0 radical (unpaired) electrons. The maximum atomic E-state index is 14.5. The van der Waals surface area contributed by atoms with Crippen LogP contribution < -0.4 is 44.6 Å². The van der Waals surface area contributed by atoms with Crippen LogP contribution in [0.4, 0.5) is 5.69 Å². The smallest absolute Gasteiger partial charge is 0.253 e. The number of guanidine groups is 2. The molecule has 0 saturated carbocycles. The molecule has 0 bridgehead atoms. The van der Waals surface area contributed by atoms with Crippen LogP contribution in [0, 0.1) is 5.92 Å². The molecule has 3 rings (SSSR count). The summed E-state index contributed by atoms with van der Waals surface area (Å²) in [6.45, 7) is 5.04. The first-order valence-corrected chi connectivity index (χ1v) is 18.9. The van der Waals surface area contributed by atoms with E-state index in [9.17, 15) is 28.8 Å². The zero-order valence-corrected chi connectivity index (χ0v) is 33.4. The van der Waals surface area contributed by atoms with Gasteiger partial charge in [0.1, 0.15) is 24.2 Å². The number of benzene rings is 2. The van der Waals surface area contributed by atoms with Gasteiger partial charge in [0.2, 0.25) is 29.5 Å². The van der Waals surface area contributed by atoms with E-state index in [0.29, 0.717) is 28.8 Å². The van der Waals surface area contributed by atoms with Gasteiger partial charge in [-0.2, -0.15) is 0 Å². The zero-order chi connectivity index (χ0) is 43.5. The average molecular weight is 811 g/mol. The summed E-state index contributed by atoms with van der Waals surface area (Å²) in [5.74, 6) is -4.96. The Hall–Kier alpha value is -7.11. The van der Waals surface area contributed by atoms with Gasteiger partial charge in [0.15, 0.2) is 11.9 Å². The number of imide groups is 1. The lowest BCUT2D eigenvalue weighted by Gasteiger charge is -2.30. The summed E-state index contributed by atoms with van der Waals surface area (Å²) in [4.78, 5) is 94.5. The van der Waals surface area contributed by atoms with Crippen molar-refractivity contribution in [2.75, 3.05) is 6.54 Å². The van der Waals surface area contributed by atoms with E-state index in [0.717, 1.165) is 11.8 Å². The number of carbonyl (C=O) groups excluding carboxylic acids is 6.